The SMILES string of the molecule is CCn1nc(C)cc1N(C1CCC1)S(=O)(=O)c1ccc(OCC2CCOCC2)c(C2(O)CC2)c1. The van der Waals surface area contributed by atoms with Gasteiger partial charge in [0.05, 0.1) is 22.8 Å². The summed E-state index contributed by atoms with van der Waals surface area (Å²) in [4.78, 5) is 0.189. The molecule has 2 saturated carbocycles. The highest BCUT2D eigenvalue weighted by Gasteiger charge is 2.46. The predicted octanol–water partition coefficient (Wildman–Crippen LogP) is 3.75. The largest absolute Gasteiger partial charge is 0.493 e. The molecule has 1 aromatic heterocycles. The van der Waals surface area contributed by atoms with Gasteiger partial charge in [0.2, 0.25) is 0 Å². The predicted molar refractivity (Wildman–Crippen MR) is 129 cm³/mol. The summed E-state index contributed by atoms with van der Waals surface area (Å²) in [5, 5.41) is 15.5. The van der Waals surface area contributed by atoms with Gasteiger partial charge in [-0.25, -0.2) is 17.4 Å². The Morgan fingerprint density at radius 3 is 2.56 bits per heavy atom. The first-order valence-corrected chi connectivity index (χ1v) is 13.9. The third kappa shape index (κ3) is 4.45. The number of rotatable bonds is 9. The van der Waals surface area contributed by atoms with Gasteiger partial charge >= 0.3 is 0 Å². The molecule has 5 rings (SSSR count). The molecule has 34 heavy (non-hydrogen) atoms. The van der Waals surface area contributed by atoms with Crippen LogP contribution in [0.25, 0.3) is 0 Å². The summed E-state index contributed by atoms with van der Waals surface area (Å²) >= 11 is 0. The lowest BCUT2D eigenvalue weighted by molar-refractivity contribution is 0.0487. The number of sulfonamides is 1. The minimum absolute atomic E-state index is 0.0803. The molecule has 0 spiro atoms. The van der Waals surface area contributed by atoms with Gasteiger partial charge in [-0.05, 0) is 82.9 Å². The summed E-state index contributed by atoms with van der Waals surface area (Å²) in [6.45, 7) is 6.46. The van der Waals surface area contributed by atoms with Crippen LogP contribution in [0.5, 0.6) is 5.75 Å². The van der Waals surface area contributed by atoms with Crippen molar-refractivity contribution in [3.05, 3.63) is 35.5 Å². The third-order valence-corrected chi connectivity index (χ3v) is 9.21. The molecule has 0 radical (unpaired) electrons. The Balaban J connectivity index is 1.48. The molecule has 1 N–H and O–H groups in total. The fourth-order valence-corrected chi connectivity index (χ4v) is 6.58. The Morgan fingerprint density at radius 2 is 1.94 bits per heavy atom. The highest BCUT2D eigenvalue weighted by Crippen LogP contribution is 2.50. The normalized spacial score (nSPS) is 20.7. The van der Waals surface area contributed by atoms with Crippen molar-refractivity contribution in [2.45, 2.75) is 81.9 Å². The van der Waals surface area contributed by atoms with E-state index < -0.39 is 15.6 Å². The van der Waals surface area contributed by atoms with Crippen LogP contribution in [0.15, 0.2) is 29.2 Å². The maximum atomic E-state index is 14.0. The molecule has 8 nitrogen and oxygen atoms in total. The van der Waals surface area contributed by atoms with Gasteiger partial charge < -0.3 is 14.6 Å². The fraction of sp³-hybridized carbons (Fsp3) is 0.640. The van der Waals surface area contributed by atoms with Gasteiger partial charge in [0.15, 0.2) is 0 Å². The summed E-state index contributed by atoms with van der Waals surface area (Å²) in [5.74, 6) is 1.59. The third-order valence-electron chi connectivity index (χ3n) is 7.36. The molecule has 1 saturated heterocycles. The molecular formula is C25H35N3O5S. The van der Waals surface area contributed by atoms with Crippen LogP contribution in [-0.2, 0) is 26.9 Å². The zero-order valence-corrected chi connectivity index (χ0v) is 20.9. The maximum Gasteiger partial charge on any atom is 0.265 e. The topological polar surface area (TPSA) is 93.9 Å². The van der Waals surface area contributed by atoms with E-state index in [0.29, 0.717) is 49.0 Å². The van der Waals surface area contributed by atoms with Crippen molar-refractivity contribution in [3.8, 4) is 5.75 Å². The zero-order chi connectivity index (χ0) is 23.9. The van der Waals surface area contributed by atoms with Crippen LogP contribution in [0, 0.1) is 12.8 Å². The molecule has 0 amide bonds. The zero-order valence-electron chi connectivity index (χ0n) is 20.1. The fourth-order valence-electron chi connectivity index (χ4n) is 4.85. The number of hydrogen-bond donors (Lipinski definition) is 1. The second-order valence-electron chi connectivity index (χ2n) is 9.90. The highest BCUT2D eigenvalue weighted by molar-refractivity contribution is 7.92. The number of hydrogen-bond acceptors (Lipinski definition) is 6. The second kappa shape index (κ2) is 9.17. The van der Waals surface area contributed by atoms with E-state index in [9.17, 15) is 13.5 Å². The van der Waals surface area contributed by atoms with Crippen LogP contribution in [0.4, 0.5) is 5.82 Å². The summed E-state index contributed by atoms with van der Waals surface area (Å²) in [5.41, 5.74) is 0.357. The van der Waals surface area contributed by atoms with Crippen LogP contribution in [0.1, 0.15) is 63.1 Å². The summed E-state index contributed by atoms with van der Waals surface area (Å²) < 4.78 is 42.9. The average molecular weight is 490 g/mol. The average Bonchev–Trinajstić information content (AvgIpc) is 3.44. The van der Waals surface area contributed by atoms with Gasteiger partial charge in [0.25, 0.3) is 10.0 Å². The molecule has 0 unspecified atom stereocenters. The first-order chi connectivity index (χ1) is 16.3. The molecule has 2 heterocycles. The second-order valence-corrected chi connectivity index (χ2v) is 11.7. The van der Waals surface area contributed by atoms with E-state index in [2.05, 4.69) is 5.10 Å². The Labute approximate surface area is 201 Å². The van der Waals surface area contributed by atoms with Gasteiger partial charge in [-0.15, -0.1) is 0 Å². The van der Waals surface area contributed by atoms with Crippen LogP contribution < -0.4 is 9.04 Å². The smallest absolute Gasteiger partial charge is 0.265 e. The Bertz CT molecular complexity index is 1130. The number of aromatic nitrogens is 2. The molecule has 1 aliphatic heterocycles. The molecule has 3 fully saturated rings. The molecule has 3 aliphatic rings. The number of nitrogens with zero attached hydrogens (tertiary/aromatic N) is 3. The number of aryl methyl sites for hydroxylation is 2. The number of anilines is 1. The van der Waals surface area contributed by atoms with Crippen molar-refractivity contribution < 1.29 is 23.0 Å². The molecular weight excluding hydrogens is 454 g/mol. The van der Waals surface area contributed by atoms with Gasteiger partial charge in [-0.3, -0.25) is 0 Å². The number of ether oxygens (including phenoxy) is 2. The summed E-state index contributed by atoms with van der Waals surface area (Å²) in [6.07, 6.45) is 5.79. The first kappa shape index (κ1) is 23.6. The van der Waals surface area contributed by atoms with E-state index in [1.165, 1.54) is 0 Å². The van der Waals surface area contributed by atoms with Crippen molar-refractivity contribution >= 4 is 15.8 Å². The lowest BCUT2D eigenvalue weighted by Gasteiger charge is -2.38. The van der Waals surface area contributed by atoms with E-state index in [4.69, 9.17) is 9.47 Å². The van der Waals surface area contributed by atoms with Gasteiger partial charge in [-0.2, -0.15) is 5.10 Å². The van der Waals surface area contributed by atoms with E-state index in [1.54, 1.807) is 27.2 Å². The maximum absolute atomic E-state index is 14.0. The summed E-state index contributed by atoms with van der Waals surface area (Å²) in [6, 6.07) is 6.74. The van der Waals surface area contributed by atoms with Crippen LogP contribution in [-0.4, -0.2) is 49.2 Å². The monoisotopic (exact) mass is 489 g/mol. The molecule has 0 atom stereocenters. The van der Waals surface area contributed by atoms with Crippen molar-refractivity contribution in [1.82, 2.24) is 9.78 Å². The highest BCUT2D eigenvalue weighted by atomic mass is 32.2. The lowest BCUT2D eigenvalue weighted by Crippen LogP contribution is -2.45. The minimum Gasteiger partial charge on any atom is -0.493 e. The van der Waals surface area contributed by atoms with Crippen molar-refractivity contribution in [3.63, 3.8) is 0 Å². The molecule has 186 valence electrons. The molecule has 2 aromatic rings. The van der Waals surface area contributed by atoms with E-state index in [0.717, 1.165) is 51.0 Å². The van der Waals surface area contributed by atoms with Crippen LogP contribution >= 0.6 is 0 Å². The Morgan fingerprint density at radius 1 is 1.21 bits per heavy atom. The van der Waals surface area contributed by atoms with Gasteiger partial charge in [0.1, 0.15) is 11.6 Å². The van der Waals surface area contributed by atoms with E-state index >= 15 is 0 Å². The number of benzene rings is 1. The van der Waals surface area contributed by atoms with Crippen LogP contribution in [0.2, 0.25) is 0 Å². The van der Waals surface area contributed by atoms with E-state index in [1.807, 2.05) is 19.9 Å². The van der Waals surface area contributed by atoms with Gasteiger partial charge in [-0.1, -0.05) is 0 Å². The molecule has 0 bridgehead atoms. The van der Waals surface area contributed by atoms with E-state index in [-0.39, 0.29) is 10.9 Å². The first-order valence-electron chi connectivity index (χ1n) is 12.5. The lowest BCUT2D eigenvalue weighted by atomic mass is 9.93. The summed E-state index contributed by atoms with van der Waals surface area (Å²) in [7, 11) is -3.85. The quantitative estimate of drug-likeness (QED) is 0.577. The Hall–Kier alpha value is -2.10. The van der Waals surface area contributed by atoms with Crippen molar-refractivity contribution in [2.75, 3.05) is 24.1 Å². The van der Waals surface area contributed by atoms with Gasteiger partial charge in [0, 0.05) is 37.4 Å². The standard InChI is InChI=1S/C25H35N3O5S/c1-3-27-24(15-18(2)26-27)28(20-5-4-6-20)34(30,31)21-7-8-23(22(16-21)25(29)11-12-25)33-17-19-9-13-32-14-10-19/h7-8,15-16,19-20,29H,3-6,9-14,17H2,1-2H3. The molecule has 2 aliphatic carbocycles. The molecule has 1 aromatic carbocycles. The minimum atomic E-state index is -3.85. The van der Waals surface area contributed by atoms with Crippen molar-refractivity contribution in [1.29, 1.82) is 0 Å². The Kier molecular flexibility index (Phi) is 6.37. The molecule has 9 heteroatoms. The number of aliphatic hydroxyl groups is 1. The van der Waals surface area contributed by atoms with Crippen LogP contribution in [0.3, 0.4) is 0 Å². The van der Waals surface area contributed by atoms with Crippen molar-refractivity contribution in [2.24, 2.45) is 5.92 Å².